The zero-order valence-corrected chi connectivity index (χ0v) is 11.0. The molecule has 0 aromatic heterocycles. The standard InChI is InChI=1S/C13H16N2O4/c1-17-11-6-5-10(8-12(11)18-2)4-3-7-19-13(16)9-15-14/h5-6,8-9H,3-4,7H2,1-2H3/p+1/b13-9+. The number of diazo groups is 1. The van der Waals surface area contributed by atoms with E-state index >= 15 is 0 Å². The molecule has 0 saturated carbocycles. The van der Waals surface area contributed by atoms with Gasteiger partial charge in [-0.15, -0.1) is 0 Å². The summed E-state index contributed by atoms with van der Waals surface area (Å²) in [5, 5.41) is 17.2. The number of benzene rings is 1. The maximum atomic E-state index is 9.05. The second kappa shape index (κ2) is 7.82. The number of aliphatic hydroxyl groups is 1. The highest BCUT2D eigenvalue weighted by molar-refractivity contribution is 5.42. The van der Waals surface area contributed by atoms with E-state index < -0.39 is 5.95 Å². The van der Waals surface area contributed by atoms with Gasteiger partial charge in [0.05, 0.1) is 20.8 Å². The maximum Gasteiger partial charge on any atom is 0.429 e. The number of methoxy groups -OCH3 is 2. The Morgan fingerprint density at radius 2 is 2.05 bits per heavy atom. The van der Waals surface area contributed by atoms with Gasteiger partial charge in [-0.05, 0) is 30.5 Å². The van der Waals surface area contributed by atoms with E-state index in [9.17, 15) is 0 Å². The van der Waals surface area contributed by atoms with Crippen molar-refractivity contribution < 1.29 is 19.3 Å². The Hall–Kier alpha value is -2.42. The van der Waals surface area contributed by atoms with Gasteiger partial charge in [0, 0.05) is 0 Å². The van der Waals surface area contributed by atoms with Gasteiger partial charge < -0.3 is 19.3 Å². The molecule has 0 radical (unpaired) electrons. The van der Waals surface area contributed by atoms with Gasteiger partial charge >= 0.3 is 12.1 Å². The fourth-order valence-corrected chi connectivity index (χ4v) is 1.58. The Morgan fingerprint density at radius 1 is 1.32 bits per heavy atom. The molecule has 1 N–H and O–H groups in total. The van der Waals surface area contributed by atoms with Crippen LogP contribution >= 0.6 is 0 Å². The van der Waals surface area contributed by atoms with Crippen LogP contribution in [-0.2, 0) is 11.2 Å². The molecule has 0 unspecified atom stereocenters. The van der Waals surface area contributed by atoms with E-state index in [1.807, 2.05) is 18.2 Å². The molecule has 0 aliphatic rings. The van der Waals surface area contributed by atoms with Gasteiger partial charge in [-0.1, -0.05) is 6.07 Å². The topological polar surface area (TPSA) is 76.1 Å². The van der Waals surface area contributed by atoms with Gasteiger partial charge in [0.25, 0.3) is 0 Å². The molecule has 0 heterocycles. The van der Waals surface area contributed by atoms with Crippen LogP contribution in [0.1, 0.15) is 12.0 Å². The van der Waals surface area contributed by atoms with E-state index in [0.29, 0.717) is 24.5 Å². The summed E-state index contributed by atoms with van der Waals surface area (Å²) in [7, 11) is 3.18. The first-order valence-corrected chi connectivity index (χ1v) is 5.78. The van der Waals surface area contributed by atoms with Gasteiger partial charge in [0.2, 0.25) is 5.39 Å². The minimum atomic E-state index is -0.408. The highest BCUT2D eigenvalue weighted by atomic mass is 16.6. The summed E-state index contributed by atoms with van der Waals surface area (Å²) in [6.07, 6.45) is 2.30. The van der Waals surface area contributed by atoms with Crippen LogP contribution in [0.2, 0.25) is 0 Å². The molecule has 0 aliphatic heterocycles. The highest BCUT2D eigenvalue weighted by Gasteiger charge is 2.05. The zero-order valence-electron chi connectivity index (χ0n) is 11.0. The normalized spacial score (nSPS) is 10.7. The predicted molar refractivity (Wildman–Crippen MR) is 69.6 cm³/mol. The Morgan fingerprint density at radius 3 is 2.68 bits per heavy atom. The van der Waals surface area contributed by atoms with E-state index in [1.165, 1.54) is 0 Å². The second-order valence-electron chi connectivity index (χ2n) is 3.72. The molecule has 1 rings (SSSR count). The van der Waals surface area contributed by atoms with E-state index in [4.69, 9.17) is 24.7 Å². The van der Waals surface area contributed by atoms with Crippen LogP contribution in [0, 0.1) is 5.39 Å². The van der Waals surface area contributed by atoms with Crippen LogP contribution in [0.25, 0.3) is 4.98 Å². The van der Waals surface area contributed by atoms with Crippen molar-refractivity contribution >= 4 is 0 Å². The van der Waals surface area contributed by atoms with Crippen LogP contribution in [0.3, 0.4) is 0 Å². The van der Waals surface area contributed by atoms with E-state index in [1.54, 1.807) is 14.2 Å². The van der Waals surface area contributed by atoms with Crippen molar-refractivity contribution in [1.82, 2.24) is 0 Å². The third-order valence-corrected chi connectivity index (χ3v) is 2.48. The molecule has 0 aliphatic carbocycles. The molecule has 6 heteroatoms. The summed E-state index contributed by atoms with van der Waals surface area (Å²) >= 11 is 0. The SMILES string of the molecule is COc1ccc(CCCO/C(O)=C/[N+]#N)cc1OC. The van der Waals surface area contributed by atoms with Crippen molar-refractivity contribution in [3.63, 3.8) is 0 Å². The number of aryl methyl sites for hydroxylation is 1. The van der Waals surface area contributed by atoms with Crippen molar-refractivity contribution in [3.8, 4) is 11.5 Å². The molecule has 0 amide bonds. The first kappa shape index (κ1) is 14.6. The largest absolute Gasteiger partial charge is 0.493 e. The Labute approximate surface area is 111 Å². The van der Waals surface area contributed by atoms with Crippen molar-refractivity contribution in [3.05, 3.63) is 40.9 Å². The predicted octanol–water partition coefficient (Wildman–Crippen LogP) is 2.86. The lowest BCUT2D eigenvalue weighted by Crippen LogP contribution is -1.97. The fourth-order valence-electron chi connectivity index (χ4n) is 1.58. The molecular weight excluding hydrogens is 248 g/mol. The molecule has 102 valence electrons. The maximum absolute atomic E-state index is 9.05. The molecule has 0 fully saturated rings. The summed E-state index contributed by atoms with van der Waals surface area (Å²) in [6, 6.07) is 5.69. The van der Waals surface area contributed by atoms with Gasteiger partial charge in [-0.25, -0.2) is 0 Å². The van der Waals surface area contributed by atoms with E-state index in [-0.39, 0.29) is 0 Å². The first-order chi connectivity index (χ1) is 9.21. The number of aliphatic hydroxyl groups excluding tert-OH is 1. The van der Waals surface area contributed by atoms with Gasteiger partial charge in [0.1, 0.15) is 0 Å². The minimum absolute atomic E-state index is 0.326. The number of rotatable bonds is 7. The fraction of sp³-hybridized carbons (Fsp3) is 0.385. The second-order valence-corrected chi connectivity index (χ2v) is 3.72. The minimum Gasteiger partial charge on any atom is -0.493 e. The first-order valence-electron chi connectivity index (χ1n) is 5.78. The molecule has 0 saturated heterocycles. The lowest BCUT2D eigenvalue weighted by atomic mass is 10.1. The Balaban J connectivity index is 2.46. The molecule has 1 aromatic rings. The monoisotopic (exact) mass is 265 g/mol. The molecule has 0 atom stereocenters. The van der Waals surface area contributed by atoms with Crippen molar-refractivity contribution in [2.45, 2.75) is 12.8 Å². The van der Waals surface area contributed by atoms with E-state index in [2.05, 4.69) is 4.98 Å². The number of ether oxygens (including phenoxy) is 3. The summed E-state index contributed by atoms with van der Waals surface area (Å²) in [4.78, 5) is 2.65. The van der Waals surface area contributed by atoms with Crippen LogP contribution in [-0.4, -0.2) is 25.9 Å². The summed E-state index contributed by atoms with van der Waals surface area (Å²) in [5.41, 5.74) is 1.08. The smallest absolute Gasteiger partial charge is 0.429 e. The Kier molecular flexibility index (Phi) is 6.03. The molecule has 1 aromatic carbocycles. The molecule has 19 heavy (non-hydrogen) atoms. The van der Waals surface area contributed by atoms with Gasteiger partial charge in [-0.2, -0.15) is 0 Å². The van der Waals surface area contributed by atoms with Crippen LogP contribution in [0.4, 0.5) is 0 Å². The van der Waals surface area contributed by atoms with Gasteiger partial charge in [0.15, 0.2) is 16.5 Å². The summed E-state index contributed by atoms with van der Waals surface area (Å²) < 4.78 is 15.3. The van der Waals surface area contributed by atoms with E-state index in [0.717, 1.165) is 18.2 Å². The van der Waals surface area contributed by atoms with Crippen LogP contribution in [0.15, 0.2) is 30.3 Å². The quantitative estimate of drug-likeness (QED) is 0.466. The third kappa shape index (κ3) is 4.76. The summed E-state index contributed by atoms with van der Waals surface area (Å²) in [6.45, 7) is 0.326. The average Bonchev–Trinajstić information content (AvgIpc) is 2.43. The van der Waals surface area contributed by atoms with Crippen LogP contribution < -0.4 is 9.47 Å². The number of hydrogen-bond donors (Lipinski definition) is 1. The molecule has 0 bridgehead atoms. The molecule has 6 nitrogen and oxygen atoms in total. The van der Waals surface area contributed by atoms with Crippen molar-refractivity contribution in [1.29, 1.82) is 5.39 Å². The third-order valence-electron chi connectivity index (χ3n) is 2.48. The lowest BCUT2D eigenvalue weighted by molar-refractivity contribution is 0.0919. The van der Waals surface area contributed by atoms with Crippen molar-refractivity contribution in [2.24, 2.45) is 0 Å². The van der Waals surface area contributed by atoms with Crippen molar-refractivity contribution in [2.75, 3.05) is 20.8 Å². The molecule has 0 spiro atoms. The highest BCUT2D eigenvalue weighted by Crippen LogP contribution is 2.27. The molecular formula is C13H17N2O4+. The Bertz CT molecular complexity index is 480. The lowest BCUT2D eigenvalue weighted by Gasteiger charge is -2.09. The average molecular weight is 265 g/mol. The zero-order chi connectivity index (χ0) is 14.1. The van der Waals surface area contributed by atoms with Gasteiger partial charge in [-0.3, -0.25) is 0 Å². The number of nitrogens with zero attached hydrogens (tertiary/aromatic N) is 2. The van der Waals surface area contributed by atoms with Crippen LogP contribution in [0.5, 0.6) is 11.5 Å². The number of hydrogen-bond acceptors (Lipinski definition) is 5. The summed E-state index contributed by atoms with van der Waals surface area (Å²) in [5.74, 6) is 0.963.